The van der Waals surface area contributed by atoms with Gasteiger partial charge in [0, 0.05) is 11.0 Å². The minimum absolute atomic E-state index is 0.108. The van der Waals surface area contributed by atoms with E-state index in [1.54, 1.807) is 0 Å². The molecule has 5 heteroatoms. The van der Waals surface area contributed by atoms with Gasteiger partial charge >= 0.3 is 5.97 Å². The maximum absolute atomic E-state index is 12.5. The van der Waals surface area contributed by atoms with Crippen LogP contribution in [0.4, 0.5) is 0 Å². The summed E-state index contributed by atoms with van der Waals surface area (Å²) < 4.78 is 2.04. The first kappa shape index (κ1) is 14.0. The van der Waals surface area contributed by atoms with Crippen LogP contribution in [-0.2, 0) is 4.79 Å². The van der Waals surface area contributed by atoms with Crippen LogP contribution in [0, 0.1) is 27.6 Å². The van der Waals surface area contributed by atoms with E-state index in [-0.39, 0.29) is 16.8 Å². The van der Waals surface area contributed by atoms with E-state index in [2.05, 4.69) is 26.8 Å². The molecule has 2 bridgehead atoms. The Morgan fingerprint density at radius 2 is 2.20 bits per heavy atom. The lowest BCUT2D eigenvalue weighted by molar-refractivity contribution is -0.140. The van der Waals surface area contributed by atoms with Gasteiger partial charge in [-0.3, -0.25) is 0 Å². The minimum Gasteiger partial charge on any atom is -0.330 e. The summed E-state index contributed by atoms with van der Waals surface area (Å²) in [5.74, 6) is 0.0530. The lowest BCUT2D eigenvalue weighted by Crippen LogP contribution is -2.29. The minimum atomic E-state index is -0.246. The molecule has 1 heterocycles. The van der Waals surface area contributed by atoms with Crippen LogP contribution in [-0.4, -0.2) is 10.7 Å². The van der Waals surface area contributed by atoms with E-state index in [0.717, 1.165) is 24.1 Å². The fourth-order valence-electron chi connectivity index (χ4n) is 3.59. The average Bonchev–Trinajstić information content (AvgIpc) is 2.88. The second-order valence-corrected chi connectivity index (χ2v) is 8.15. The van der Waals surface area contributed by atoms with Crippen molar-refractivity contribution < 1.29 is 9.63 Å². The van der Waals surface area contributed by atoms with Crippen molar-refractivity contribution in [3.63, 3.8) is 0 Å². The highest BCUT2D eigenvalue weighted by Gasteiger charge is 2.57. The number of hydrogen-bond acceptors (Lipinski definition) is 4. The molecule has 0 spiro atoms. The van der Waals surface area contributed by atoms with Crippen molar-refractivity contribution in [2.24, 2.45) is 16.7 Å². The van der Waals surface area contributed by atoms with Crippen LogP contribution < -0.4 is 4.84 Å². The van der Waals surface area contributed by atoms with Crippen molar-refractivity contribution in [2.45, 2.75) is 40.5 Å². The molecule has 0 aliphatic heterocycles. The van der Waals surface area contributed by atoms with E-state index in [0.29, 0.717) is 9.87 Å². The standard InChI is InChI=1S/C15H19NO2S2/c1-9-8-20-13(19)16(9)18-12(17)10-7-15(4)6-5-11(10)14(15,2)3/h7-8,11H,5-6H2,1-4H3. The molecule has 20 heavy (non-hydrogen) atoms. The number of nitrogens with zero attached hydrogens (tertiary/aromatic N) is 1. The van der Waals surface area contributed by atoms with Crippen LogP contribution in [0.2, 0.25) is 0 Å². The van der Waals surface area contributed by atoms with E-state index >= 15 is 0 Å². The Morgan fingerprint density at radius 1 is 1.50 bits per heavy atom. The first-order chi connectivity index (χ1) is 9.26. The predicted molar refractivity (Wildman–Crippen MR) is 82.2 cm³/mol. The number of carbonyl (C=O) groups is 1. The second-order valence-electron chi connectivity index (χ2n) is 6.65. The van der Waals surface area contributed by atoms with Crippen molar-refractivity contribution >= 4 is 29.5 Å². The molecular weight excluding hydrogens is 290 g/mol. The molecule has 2 aliphatic carbocycles. The molecule has 1 saturated carbocycles. The van der Waals surface area contributed by atoms with Gasteiger partial charge in [-0.25, -0.2) is 4.79 Å². The fourth-order valence-corrected chi connectivity index (χ4v) is 4.56. The molecule has 1 aromatic rings. The third-order valence-electron chi connectivity index (χ3n) is 5.37. The van der Waals surface area contributed by atoms with Gasteiger partial charge in [-0.1, -0.05) is 26.8 Å². The number of rotatable bonds is 2. The van der Waals surface area contributed by atoms with Crippen molar-refractivity contribution in [3.05, 3.63) is 26.7 Å². The molecule has 0 N–H and O–H groups in total. The van der Waals surface area contributed by atoms with Gasteiger partial charge in [-0.05, 0) is 48.7 Å². The number of aryl methyl sites for hydroxylation is 1. The zero-order valence-corrected chi connectivity index (χ0v) is 13.9. The molecule has 0 aromatic carbocycles. The molecule has 2 aliphatic rings. The van der Waals surface area contributed by atoms with Crippen LogP contribution in [0.1, 0.15) is 39.3 Å². The van der Waals surface area contributed by atoms with Crippen molar-refractivity contribution in [3.8, 4) is 0 Å². The smallest absolute Gasteiger partial charge is 0.330 e. The summed E-state index contributed by atoms with van der Waals surface area (Å²) in [5, 5.41) is 1.90. The average molecular weight is 309 g/mol. The zero-order valence-electron chi connectivity index (χ0n) is 12.2. The quantitative estimate of drug-likeness (QED) is 0.776. The monoisotopic (exact) mass is 309 g/mol. The summed E-state index contributed by atoms with van der Waals surface area (Å²) in [4.78, 5) is 18.0. The Balaban J connectivity index is 1.89. The molecule has 3 rings (SSSR count). The molecule has 2 unspecified atom stereocenters. The fraction of sp³-hybridized carbons (Fsp3) is 0.600. The number of carbonyl (C=O) groups excluding carboxylic acids is 1. The largest absolute Gasteiger partial charge is 0.359 e. The highest BCUT2D eigenvalue weighted by Crippen LogP contribution is 2.64. The third kappa shape index (κ3) is 1.76. The van der Waals surface area contributed by atoms with Gasteiger partial charge in [-0.15, -0.1) is 11.3 Å². The van der Waals surface area contributed by atoms with E-state index < -0.39 is 0 Å². The molecular formula is C15H19NO2S2. The first-order valence-corrected chi connectivity index (χ1v) is 8.18. The van der Waals surface area contributed by atoms with Gasteiger partial charge in [0.1, 0.15) is 0 Å². The molecule has 0 radical (unpaired) electrons. The van der Waals surface area contributed by atoms with Crippen LogP contribution in [0.5, 0.6) is 0 Å². The lowest BCUT2D eigenvalue weighted by atomic mass is 9.70. The zero-order chi connectivity index (χ0) is 14.7. The summed E-state index contributed by atoms with van der Waals surface area (Å²) >= 11 is 6.60. The van der Waals surface area contributed by atoms with Crippen LogP contribution in [0.15, 0.2) is 17.0 Å². The number of aromatic nitrogens is 1. The van der Waals surface area contributed by atoms with Crippen LogP contribution in [0.25, 0.3) is 0 Å². The molecule has 0 saturated heterocycles. The van der Waals surface area contributed by atoms with Crippen LogP contribution in [0.3, 0.4) is 0 Å². The van der Waals surface area contributed by atoms with Crippen molar-refractivity contribution in [1.82, 2.24) is 4.73 Å². The molecule has 1 fully saturated rings. The number of fused-ring (bicyclic) bond motifs is 2. The Morgan fingerprint density at radius 3 is 2.65 bits per heavy atom. The van der Waals surface area contributed by atoms with Crippen molar-refractivity contribution in [2.75, 3.05) is 0 Å². The summed E-state index contributed by atoms with van der Waals surface area (Å²) in [6.07, 6.45) is 4.35. The second kappa shape index (κ2) is 4.28. The Kier molecular flexibility index (Phi) is 3.00. The van der Waals surface area contributed by atoms with Gasteiger partial charge in [0.15, 0.2) is 3.95 Å². The summed E-state index contributed by atoms with van der Waals surface area (Å²) in [5.41, 5.74) is 1.93. The van der Waals surface area contributed by atoms with Crippen molar-refractivity contribution in [1.29, 1.82) is 0 Å². The van der Waals surface area contributed by atoms with Crippen LogP contribution >= 0.6 is 23.6 Å². The lowest BCUT2D eigenvalue weighted by Gasteiger charge is -2.33. The molecule has 3 nitrogen and oxygen atoms in total. The predicted octanol–water partition coefficient (Wildman–Crippen LogP) is 3.93. The highest BCUT2D eigenvalue weighted by molar-refractivity contribution is 7.73. The SMILES string of the molecule is Cc1csc(=S)n1OC(=O)C1=CC2(C)CCC1C2(C)C. The molecule has 1 aromatic heterocycles. The maximum atomic E-state index is 12.5. The topological polar surface area (TPSA) is 31.2 Å². The maximum Gasteiger partial charge on any atom is 0.359 e. The molecule has 108 valence electrons. The number of allylic oxidation sites excluding steroid dienone is 1. The summed E-state index contributed by atoms with van der Waals surface area (Å²) in [6, 6.07) is 0. The third-order valence-corrected chi connectivity index (χ3v) is 6.65. The Labute approximate surface area is 128 Å². The van der Waals surface area contributed by atoms with Gasteiger partial charge in [0.05, 0.1) is 5.69 Å². The summed E-state index contributed by atoms with van der Waals surface area (Å²) in [6.45, 7) is 8.64. The van der Waals surface area contributed by atoms with E-state index in [9.17, 15) is 4.79 Å². The first-order valence-electron chi connectivity index (χ1n) is 6.89. The Bertz CT molecular complexity index is 668. The number of thiazole rings is 1. The van der Waals surface area contributed by atoms with Gasteiger partial charge in [0.2, 0.25) is 0 Å². The highest BCUT2D eigenvalue weighted by atomic mass is 32.1. The molecule has 0 amide bonds. The summed E-state index contributed by atoms with van der Waals surface area (Å²) in [7, 11) is 0. The number of hydrogen-bond donors (Lipinski definition) is 0. The van der Waals surface area contributed by atoms with Gasteiger partial charge < -0.3 is 4.84 Å². The van der Waals surface area contributed by atoms with E-state index in [1.165, 1.54) is 16.1 Å². The molecule has 2 atom stereocenters. The van der Waals surface area contributed by atoms with Gasteiger partial charge in [0.25, 0.3) is 0 Å². The Hall–Kier alpha value is -0.940. The van der Waals surface area contributed by atoms with E-state index in [1.807, 2.05) is 12.3 Å². The van der Waals surface area contributed by atoms with Gasteiger partial charge in [-0.2, -0.15) is 4.73 Å². The van der Waals surface area contributed by atoms with E-state index in [4.69, 9.17) is 17.1 Å². The normalized spacial score (nSPS) is 30.4.